The minimum atomic E-state index is -0.340. The molecule has 3 amide bonds. The molecule has 7 nitrogen and oxygen atoms in total. The lowest BCUT2D eigenvalue weighted by Gasteiger charge is -2.13. The van der Waals surface area contributed by atoms with Gasteiger partial charge in [-0.05, 0) is 54.8 Å². The third kappa shape index (κ3) is 5.05. The van der Waals surface area contributed by atoms with Crippen molar-refractivity contribution in [1.29, 1.82) is 0 Å². The Morgan fingerprint density at radius 2 is 1.97 bits per heavy atom. The van der Waals surface area contributed by atoms with Crippen LogP contribution < -0.4 is 5.32 Å². The van der Waals surface area contributed by atoms with E-state index in [1.54, 1.807) is 17.7 Å². The van der Waals surface area contributed by atoms with Crippen LogP contribution in [0.5, 0.6) is 0 Å². The Kier molecular flexibility index (Phi) is 7.02. The number of aromatic nitrogens is 2. The van der Waals surface area contributed by atoms with Crippen molar-refractivity contribution in [2.45, 2.75) is 20.4 Å². The molecule has 170 valence electrons. The summed E-state index contributed by atoms with van der Waals surface area (Å²) >= 11 is 8.66. The van der Waals surface area contributed by atoms with Gasteiger partial charge in [-0.25, -0.2) is 0 Å². The number of aryl methyl sites for hydroxylation is 1. The number of rotatable bonds is 7. The normalized spacial score (nSPS) is 15.0. The number of nitrogens with zero attached hydrogens (tertiary/aromatic N) is 3. The molecule has 0 spiro atoms. The van der Waals surface area contributed by atoms with Crippen LogP contribution in [0, 0.1) is 13.8 Å². The van der Waals surface area contributed by atoms with Crippen LogP contribution in [0.2, 0.25) is 5.02 Å². The third-order valence-corrected chi connectivity index (χ3v) is 7.29. The first-order valence-corrected chi connectivity index (χ1v) is 12.3. The molecule has 2 aromatic heterocycles. The van der Waals surface area contributed by atoms with Gasteiger partial charge in [-0.1, -0.05) is 35.9 Å². The molecule has 0 aliphatic carbocycles. The number of hydrogen-bond donors (Lipinski definition) is 1. The molecule has 0 unspecified atom stereocenters. The van der Waals surface area contributed by atoms with Crippen molar-refractivity contribution < 1.29 is 14.4 Å². The smallest absolute Gasteiger partial charge is 0.293 e. The Balaban J connectivity index is 1.38. The van der Waals surface area contributed by atoms with Gasteiger partial charge in [-0.2, -0.15) is 5.10 Å². The predicted octanol–water partition coefficient (Wildman–Crippen LogP) is 4.73. The Bertz CT molecular complexity index is 1250. The van der Waals surface area contributed by atoms with Crippen molar-refractivity contribution in [2.24, 2.45) is 0 Å². The second kappa shape index (κ2) is 9.94. The second-order valence-corrected chi connectivity index (χ2v) is 9.78. The second-order valence-electron chi connectivity index (χ2n) is 7.40. The Labute approximate surface area is 204 Å². The van der Waals surface area contributed by atoms with Crippen molar-refractivity contribution in [1.82, 2.24) is 20.0 Å². The average molecular weight is 501 g/mol. The van der Waals surface area contributed by atoms with E-state index in [4.69, 9.17) is 11.6 Å². The van der Waals surface area contributed by atoms with E-state index in [1.165, 1.54) is 11.3 Å². The topological polar surface area (TPSA) is 84.3 Å². The average Bonchev–Trinajstić information content (AvgIpc) is 3.45. The number of carbonyl (C=O) groups is 3. The zero-order valence-corrected chi connectivity index (χ0v) is 20.4. The van der Waals surface area contributed by atoms with Crippen molar-refractivity contribution >= 4 is 57.8 Å². The first-order chi connectivity index (χ1) is 15.8. The lowest BCUT2D eigenvalue weighted by Crippen LogP contribution is -2.37. The van der Waals surface area contributed by atoms with Crippen molar-refractivity contribution in [2.75, 3.05) is 13.1 Å². The summed E-state index contributed by atoms with van der Waals surface area (Å²) < 4.78 is 1.75. The van der Waals surface area contributed by atoms with E-state index in [0.29, 0.717) is 27.7 Å². The van der Waals surface area contributed by atoms with Crippen LogP contribution in [-0.4, -0.2) is 44.8 Å². The van der Waals surface area contributed by atoms with Gasteiger partial charge in [0.25, 0.3) is 17.1 Å². The molecule has 1 N–H and O–H groups in total. The maximum absolute atomic E-state index is 12.8. The van der Waals surface area contributed by atoms with E-state index in [2.05, 4.69) is 10.4 Å². The third-order valence-electron chi connectivity index (χ3n) is 5.20. The molecule has 3 heterocycles. The van der Waals surface area contributed by atoms with Crippen LogP contribution in [-0.2, 0) is 11.3 Å². The lowest BCUT2D eigenvalue weighted by atomic mass is 10.1. The summed E-state index contributed by atoms with van der Waals surface area (Å²) in [5.74, 6) is -0.635. The summed E-state index contributed by atoms with van der Waals surface area (Å²) in [4.78, 5) is 40.2. The summed E-state index contributed by atoms with van der Waals surface area (Å²) in [5, 5.41) is 9.51. The fourth-order valence-electron chi connectivity index (χ4n) is 3.53. The molecular weight excluding hydrogens is 480 g/mol. The lowest BCUT2D eigenvalue weighted by molar-refractivity contribution is -0.122. The summed E-state index contributed by atoms with van der Waals surface area (Å²) in [6, 6.07) is 11.3. The van der Waals surface area contributed by atoms with Crippen molar-refractivity contribution in [3.05, 3.63) is 79.1 Å². The molecule has 0 bridgehead atoms. The fourth-order valence-corrected chi connectivity index (χ4v) is 5.32. The standard InChI is InChI=1S/C23H21ClN4O3S2/c1-14-20(15(2)28(26-14)13-16-6-3-4-8-18(16)24)21(29)25-9-10-27-22(30)19(33-23(27)31)12-17-7-5-11-32-17/h3-8,11-12H,9-10,13H2,1-2H3,(H,25,29)/b19-12+. The minimum absolute atomic E-state index is 0.101. The van der Waals surface area contributed by atoms with E-state index in [1.807, 2.05) is 48.7 Å². The largest absolute Gasteiger partial charge is 0.350 e. The molecule has 10 heteroatoms. The number of imide groups is 1. The number of nitrogens with one attached hydrogen (secondary N) is 1. The zero-order chi connectivity index (χ0) is 23.5. The SMILES string of the molecule is Cc1nn(Cc2ccccc2Cl)c(C)c1C(=O)NCCN1C(=O)S/C(=C/c2cccs2)C1=O. The van der Waals surface area contributed by atoms with Gasteiger partial charge in [0.2, 0.25) is 0 Å². The van der Waals surface area contributed by atoms with E-state index in [9.17, 15) is 14.4 Å². The monoisotopic (exact) mass is 500 g/mol. The highest BCUT2D eigenvalue weighted by atomic mass is 35.5. The van der Waals surface area contributed by atoms with Gasteiger partial charge in [-0.15, -0.1) is 11.3 Å². The first-order valence-electron chi connectivity index (χ1n) is 10.2. The molecule has 1 saturated heterocycles. The van der Waals surface area contributed by atoms with E-state index >= 15 is 0 Å². The van der Waals surface area contributed by atoms with Gasteiger partial charge >= 0.3 is 0 Å². The van der Waals surface area contributed by atoms with Crippen LogP contribution >= 0.6 is 34.7 Å². The Hall–Kier alpha value is -2.88. The molecule has 1 aliphatic heterocycles. The Morgan fingerprint density at radius 1 is 1.18 bits per heavy atom. The quantitative estimate of drug-likeness (QED) is 0.474. The summed E-state index contributed by atoms with van der Waals surface area (Å²) in [6.07, 6.45) is 1.72. The van der Waals surface area contributed by atoms with Gasteiger partial charge in [0.15, 0.2) is 0 Å². The number of amides is 3. The van der Waals surface area contributed by atoms with Crippen LogP contribution in [0.25, 0.3) is 6.08 Å². The molecule has 3 aromatic rings. The number of hydrogen-bond acceptors (Lipinski definition) is 6. The molecule has 0 saturated carbocycles. The first kappa shape index (κ1) is 23.3. The minimum Gasteiger partial charge on any atom is -0.350 e. The molecule has 4 rings (SSSR count). The van der Waals surface area contributed by atoms with Crippen LogP contribution in [0.1, 0.15) is 32.2 Å². The fraction of sp³-hybridized carbons (Fsp3) is 0.217. The number of thiophene rings is 1. The van der Waals surface area contributed by atoms with Gasteiger partial charge < -0.3 is 5.32 Å². The number of benzene rings is 1. The van der Waals surface area contributed by atoms with Gasteiger partial charge in [-0.3, -0.25) is 24.0 Å². The molecule has 33 heavy (non-hydrogen) atoms. The number of thioether (sulfide) groups is 1. The maximum atomic E-state index is 12.8. The summed E-state index contributed by atoms with van der Waals surface area (Å²) in [5.41, 5.74) is 2.71. The van der Waals surface area contributed by atoms with E-state index in [0.717, 1.165) is 32.8 Å². The molecule has 1 aliphatic rings. The van der Waals surface area contributed by atoms with Crippen LogP contribution in [0.4, 0.5) is 4.79 Å². The van der Waals surface area contributed by atoms with E-state index < -0.39 is 0 Å². The van der Waals surface area contributed by atoms with Crippen LogP contribution in [0.15, 0.2) is 46.7 Å². The van der Waals surface area contributed by atoms with Crippen molar-refractivity contribution in [3.63, 3.8) is 0 Å². The molecule has 0 atom stereocenters. The van der Waals surface area contributed by atoms with Gasteiger partial charge in [0.1, 0.15) is 0 Å². The summed E-state index contributed by atoms with van der Waals surface area (Å²) in [6.45, 7) is 4.31. The van der Waals surface area contributed by atoms with Crippen LogP contribution in [0.3, 0.4) is 0 Å². The Morgan fingerprint density at radius 3 is 2.70 bits per heavy atom. The predicted molar refractivity (Wildman–Crippen MR) is 132 cm³/mol. The highest BCUT2D eigenvalue weighted by Gasteiger charge is 2.34. The summed E-state index contributed by atoms with van der Waals surface area (Å²) in [7, 11) is 0. The number of carbonyl (C=O) groups excluding carboxylic acids is 3. The molecule has 1 aromatic carbocycles. The van der Waals surface area contributed by atoms with Crippen molar-refractivity contribution in [3.8, 4) is 0 Å². The highest BCUT2D eigenvalue weighted by molar-refractivity contribution is 8.18. The molecular formula is C23H21ClN4O3S2. The van der Waals surface area contributed by atoms with Gasteiger partial charge in [0, 0.05) is 28.7 Å². The zero-order valence-electron chi connectivity index (χ0n) is 18.0. The molecule has 1 fully saturated rings. The number of halogens is 1. The van der Waals surface area contributed by atoms with Gasteiger partial charge in [0.05, 0.1) is 22.7 Å². The maximum Gasteiger partial charge on any atom is 0.293 e. The highest BCUT2D eigenvalue weighted by Crippen LogP contribution is 2.32. The van der Waals surface area contributed by atoms with E-state index in [-0.39, 0.29) is 30.1 Å². The molecule has 0 radical (unpaired) electrons.